The Bertz CT molecular complexity index is 432. The van der Waals surface area contributed by atoms with Crippen LogP contribution >= 0.6 is 12.2 Å². The molecule has 92 valence electrons. The van der Waals surface area contributed by atoms with Crippen LogP contribution in [0, 0.1) is 5.92 Å². The molecule has 0 saturated heterocycles. The number of hydrogen-bond donors (Lipinski definition) is 3. The highest BCUT2D eigenvalue weighted by molar-refractivity contribution is 7.80. The zero-order chi connectivity index (χ0) is 13.0. The van der Waals surface area contributed by atoms with Gasteiger partial charge in [-0.15, -0.1) is 0 Å². The number of hydrogen-bond acceptors (Lipinski definition) is 3. The van der Waals surface area contributed by atoms with Crippen LogP contribution in [0.2, 0.25) is 0 Å². The van der Waals surface area contributed by atoms with E-state index < -0.39 is 0 Å². The Morgan fingerprint density at radius 2 is 2.12 bits per heavy atom. The van der Waals surface area contributed by atoms with Crippen LogP contribution in [0.4, 0.5) is 0 Å². The van der Waals surface area contributed by atoms with Crippen molar-refractivity contribution in [2.45, 2.75) is 19.9 Å². The Hall–Kier alpha value is -1.62. The Labute approximate surface area is 106 Å². The highest BCUT2D eigenvalue weighted by Crippen LogP contribution is 2.11. The maximum atomic E-state index is 11.9. The molecule has 0 spiro atoms. The largest absolute Gasteiger partial charge is 0.508 e. The number of nitrogens with one attached hydrogen (secondary N) is 1. The SMILES string of the molecule is CC(C)C(NC(=O)c1cccc(O)c1)C(N)=S. The maximum Gasteiger partial charge on any atom is 0.251 e. The quantitative estimate of drug-likeness (QED) is 0.709. The summed E-state index contributed by atoms with van der Waals surface area (Å²) in [6.45, 7) is 3.85. The van der Waals surface area contributed by atoms with Crippen molar-refractivity contribution in [2.75, 3.05) is 0 Å². The first kappa shape index (κ1) is 13.4. The van der Waals surface area contributed by atoms with Crippen molar-refractivity contribution in [1.29, 1.82) is 0 Å². The molecule has 0 aromatic heterocycles. The molecule has 4 N–H and O–H groups in total. The van der Waals surface area contributed by atoms with E-state index in [-0.39, 0.29) is 28.6 Å². The summed E-state index contributed by atoms with van der Waals surface area (Å²) in [5.41, 5.74) is 5.94. The first-order valence-electron chi connectivity index (χ1n) is 5.31. The fraction of sp³-hybridized carbons (Fsp3) is 0.333. The van der Waals surface area contributed by atoms with Gasteiger partial charge >= 0.3 is 0 Å². The third-order valence-corrected chi connectivity index (χ3v) is 2.62. The summed E-state index contributed by atoms with van der Waals surface area (Å²) < 4.78 is 0. The van der Waals surface area contributed by atoms with Gasteiger partial charge < -0.3 is 16.2 Å². The van der Waals surface area contributed by atoms with Gasteiger partial charge in [0, 0.05) is 5.56 Å². The number of benzene rings is 1. The first-order valence-corrected chi connectivity index (χ1v) is 5.72. The topological polar surface area (TPSA) is 75.3 Å². The van der Waals surface area contributed by atoms with E-state index in [1.165, 1.54) is 12.1 Å². The second kappa shape index (κ2) is 5.63. The average Bonchev–Trinajstić information content (AvgIpc) is 2.24. The van der Waals surface area contributed by atoms with Gasteiger partial charge in [0.15, 0.2) is 0 Å². The molecular weight excluding hydrogens is 236 g/mol. The van der Waals surface area contributed by atoms with Gasteiger partial charge in [0.1, 0.15) is 5.75 Å². The van der Waals surface area contributed by atoms with Crippen LogP contribution in [0.5, 0.6) is 5.75 Å². The summed E-state index contributed by atoms with van der Waals surface area (Å²) in [5, 5.41) is 12.0. The Morgan fingerprint density at radius 3 is 2.59 bits per heavy atom. The molecule has 1 atom stereocenters. The van der Waals surface area contributed by atoms with Crippen LogP contribution in [0.3, 0.4) is 0 Å². The van der Waals surface area contributed by atoms with E-state index in [9.17, 15) is 9.90 Å². The van der Waals surface area contributed by atoms with E-state index in [2.05, 4.69) is 5.32 Å². The zero-order valence-corrected chi connectivity index (χ0v) is 10.6. The van der Waals surface area contributed by atoms with Crippen LogP contribution < -0.4 is 11.1 Å². The molecule has 1 aromatic carbocycles. The second-order valence-electron chi connectivity index (χ2n) is 4.15. The van der Waals surface area contributed by atoms with E-state index in [0.29, 0.717) is 5.56 Å². The monoisotopic (exact) mass is 252 g/mol. The number of aromatic hydroxyl groups is 1. The number of carbonyl (C=O) groups excluding carboxylic acids is 1. The fourth-order valence-corrected chi connectivity index (χ4v) is 1.77. The van der Waals surface area contributed by atoms with Crippen LogP contribution in [-0.2, 0) is 0 Å². The van der Waals surface area contributed by atoms with E-state index in [1.54, 1.807) is 12.1 Å². The summed E-state index contributed by atoms with van der Waals surface area (Å²) in [7, 11) is 0. The zero-order valence-electron chi connectivity index (χ0n) is 9.81. The molecule has 1 amide bonds. The standard InChI is InChI=1S/C12H16N2O2S/c1-7(2)10(11(13)17)14-12(16)8-4-3-5-9(15)6-8/h3-7,10,15H,1-2H3,(H2,13,17)(H,14,16). The van der Waals surface area contributed by atoms with Crippen molar-refractivity contribution in [2.24, 2.45) is 11.7 Å². The summed E-state index contributed by atoms with van der Waals surface area (Å²) in [6.07, 6.45) is 0. The molecular formula is C12H16N2O2S. The van der Waals surface area contributed by atoms with Gasteiger partial charge in [0.2, 0.25) is 0 Å². The average molecular weight is 252 g/mol. The highest BCUT2D eigenvalue weighted by atomic mass is 32.1. The third kappa shape index (κ3) is 3.71. The van der Waals surface area contributed by atoms with Gasteiger partial charge in [0.25, 0.3) is 5.91 Å². The first-order chi connectivity index (χ1) is 7.91. The van der Waals surface area contributed by atoms with Crippen LogP contribution in [0.1, 0.15) is 24.2 Å². The molecule has 0 aliphatic carbocycles. The molecule has 1 rings (SSSR count). The highest BCUT2D eigenvalue weighted by Gasteiger charge is 2.19. The number of phenolic OH excluding ortho intramolecular Hbond substituents is 1. The van der Waals surface area contributed by atoms with Crippen LogP contribution in [-0.4, -0.2) is 22.0 Å². The van der Waals surface area contributed by atoms with Crippen molar-refractivity contribution >= 4 is 23.1 Å². The van der Waals surface area contributed by atoms with E-state index >= 15 is 0 Å². The van der Waals surface area contributed by atoms with Crippen LogP contribution in [0.15, 0.2) is 24.3 Å². The Balaban J connectivity index is 2.81. The van der Waals surface area contributed by atoms with Gasteiger partial charge in [-0.05, 0) is 24.1 Å². The molecule has 0 aliphatic rings. The molecule has 1 aromatic rings. The molecule has 1 unspecified atom stereocenters. The van der Waals surface area contributed by atoms with Gasteiger partial charge in [-0.1, -0.05) is 32.1 Å². The third-order valence-electron chi connectivity index (χ3n) is 2.37. The van der Waals surface area contributed by atoms with Gasteiger partial charge in [0.05, 0.1) is 11.0 Å². The van der Waals surface area contributed by atoms with Crippen LogP contribution in [0.25, 0.3) is 0 Å². The normalized spacial score (nSPS) is 12.2. The van der Waals surface area contributed by atoms with Gasteiger partial charge in [-0.25, -0.2) is 0 Å². The lowest BCUT2D eigenvalue weighted by Crippen LogP contribution is -2.46. The summed E-state index contributed by atoms with van der Waals surface area (Å²) in [5.74, 6) is -0.129. The maximum absolute atomic E-state index is 11.9. The summed E-state index contributed by atoms with van der Waals surface area (Å²) in [4.78, 5) is 12.1. The second-order valence-corrected chi connectivity index (χ2v) is 4.62. The number of thiocarbonyl (C=S) groups is 1. The minimum atomic E-state index is -0.347. The smallest absolute Gasteiger partial charge is 0.251 e. The van der Waals surface area contributed by atoms with Crippen molar-refractivity contribution in [3.63, 3.8) is 0 Å². The van der Waals surface area contributed by atoms with Gasteiger partial charge in [-0.2, -0.15) is 0 Å². The number of nitrogens with two attached hydrogens (primary N) is 1. The minimum absolute atomic E-state index is 0.0501. The Kier molecular flexibility index (Phi) is 4.45. The summed E-state index contributed by atoms with van der Waals surface area (Å²) in [6, 6.07) is 5.78. The molecule has 0 radical (unpaired) electrons. The van der Waals surface area contributed by atoms with Crippen molar-refractivity contribution in [3.05, 3.63) is 29.8 Å². The lowest BCUT2D eigenvalue weighted by molar-refractivity contribution is 0.0939. The predicted molar refractivity (Wildman–Crippen MR) is 71.0 cm³/mol. The number of rotatable bonds is 4. The minimum Gasteiger partial charge on any atom is -0.508 e. The van der Waals surface area contributed by atoms with Gasteiger partial charge in [-0.3, -0.25) is 4.79 Å². The lowest BCUT2D eigenvalue weighted by atomic mass is 10.0. The molecule has 0 bridgehead atoms. The number of phenols is 1. The van der Waals surface area contributed by atoms with E-state index in [4.69, 9.17) is 18.0 Å². The molecule has 0 fully saturated rings. The lowest BCUT2D eigenvalue weighted by Gasteiger charge is -2.21. The predicted octanol–water partition coefficient (Wildman–Crippen LogP) is 1.43. The van der Waals surface area contributed by atoms with Crippen molar-refractivity contribution in [3.8, 4) is 5.75 Å². The van der Waals surface area contributed by atoms with E-state index in [1.807, 2.05) is 13.8 Å². The number of amides is 1. The molecule has 0 saturated carbocycles. The molecule has 17 heavy (non-hydrogen) atoms. The fourth-order valence-electron chi connectivity index (χ4n) is 1.44. The molecule has 0 heterocycles. The summed E-state index contributed by atoms with van der Waals surface area (Å²) >= 11 is 4.90. The van der Waals surface area contributed by atoms with E-state index in [0.717, 1.165) is 0 Å². The Morgan fingerprint density at radius 1 is 1.47 bits per heavy atom. The number of carbonyl (C=O) groups is 1. The molecule has 0 aliphatic heterocycles. The van der Waals surface area contributed by atoms with Crippen molar-refractivity contribution < 1.29 is 9.90 Å². The van der Waals surface area contributed by atoms with Crippen molar-refractivity contribution in [1.82, 2.24) is 5.32 Å². The molecule has 5 heteroatoms. The molecule has 4 nitrogen and oxygen atoms in total.